The first kappa shape index (κ1) is 11.7. The monoisotopic (exact) mass is 254 g/mol. The lowest BCUT2D eigenvalue weighted by molar-refractivity contribution is -0.114. The first-order valence-electron chi connectivity index (χ1n) is 5.35. The average molecular weight is 255 g/mol. The van der Waals surface area contributed by atoms with Crippen LogP contribution in [0.25, 0.3) is 5.57 Å². The Hall–Kier alpha value is -0.790. The van der Waals surface area contributed by atoms with E-state index < -0.39 is 0 Å². The highest BCUT2D eigenvalue weighted by Gasteiger charge is 2.11. The largest absolute Gasteiger partial charge is 0.295 e. The number of hydrogen-bond donors (Lipinski definition) is 0. The molecule has 2 rings (SSSR count). The lowest BCUT2D eigenvalue weighted by Gasteiger charge is -2.06. The van der Waals surface area contributed by atoms with Gasteiger partial charge in [0.2, 0.25) is 0 Å². The molecule has 1 aromatic carbocycles. The van der Waals surface area contributed by atoms with Crippen molar-refractivity contribution < 1.29 is 4.79 Å². The molecule has 0 N–H and O–H groups in total. The van der Waals surface area contributed by atoms with Gasteiger partial charge in [-0.05, 0) is 48.6 Å². The number of allylic oxidation sites excluding steroid dienone is 2. The highest BCUT2D eigenvalue weighted by atomic mass is 35.5. The Kier molecular flexibility index (Phi) is 3.67. The molecule has 0 atom stereocenters. The fourth-order valence-electron chi connectivity index (χ4n) is 1.88. The number of halogens is 2. The molecule has 0 aliphatic heterocycles. The fraction of sp³-hybridized carbons (Fsp3) is 0.308. The molecule has 0 amide bonds. The summed E-state index contributed by atoms with van der Waals surface area (Å²) in [7, 11) is 0. The van der Waals surface area contributed by atoms with Crippen LogP contribution in [0.15, 0.2) is 24.3 Å². The lowest BCUT2D eigenvalue weighted by atomic mass is 10.0. The molecule has 0 aromatic heterocycles. The zero-order chi connectivity index (χ0) is 11.5. The van der Waals surface area contributed by atoms with Gasteiger partial charge in [0.1, 0.15) is 0 Å². The van der Waals surface area contributed by atoms with Gasteiger partial charge in [0, 0.05) is 6.42 Å². The van der Waals surface area contributed by atoms with E-state index in [9.17, 15) is 4.79 Å². The summed E-state index contributed by atoms with van der Waals surface area (Å²) in [5.74, 6) is 0.207. The third-order valence-electron chi connectivity index (χ3n) is 2.74. The van der Waals surface area contributed by atoms with Gasteiger partial charge in [-0.1, -0.05) is 29.3 Å². The summed E-state index contributed by atoms with van der Waals surface area (Å²) in [4.78, 5) is 11.5. The Morgan fingerprint density at radius 1 is 1.00 bits per heavy atom. The Morgan fingerprint density at radius 3 is 2.50 bits per heavy atom. The minimum absolute atomic E-state index is 0.207. The molecule has 3 heteroatoms. The maximum absolute atomic E-state index is 11.5. The molecule has 1 aliphatic rings. The third-order valence-corrected chi connectivity index (χ3v) is 3.48. The van der Waals surface area contributed by atoms with Crippen molar-refractivity contribution in [1.29, 1.82) is 0 Å². The van der Waals surface area contributed by atoms with Crippen molar-refractivity contribution in [3.8, 4) is 0 Å². The number of carbonyl (C=O) groups is 1. The van der Waals surface area contributed by atoms with Gasteiger partial charge in [-0.2, -0.15) is 0 Å². The highest BCUT2D eigenvalue weighted by Crippen LogP contribution is 2.29. The predicted octanol–water partition coefficient (Wildman–Crippen LogP) is 4.52. The van der Waals surface area contributed by atoms with Gasteiger partial charge in [0.25, 0.3) is 0 Å². The van der Waals surface area contributed by atoms with E-state index in [0.717, 1.165) is 30.4 Å². The standard InChI is InChI=1S/C13H12Cl2O/c14-12-6-5-10(8-13(12)15)9-3-1-2-4-11(16)7-9/h5-8H,1-4H2. The molecule has 84 valence electrons. The SMILES string of the molecule is O=C1C=C(c2ccc(Cl)c(Cl)c2)CCCC1. The molecule has 1 aromatic rings. The molecule has 0 heterocycles. The van der Waals surface area contributed by atoms with Gasteiger partial charge >= 0.3 is 0 Å². The van der Waals surface area contributed by atoms with Gasteiger partial charge in [-0.25, -0.2) is 0 Å². The number of hydrogen-bond acceptors (Lipinski definition) is 1. The molecule has 0 fully saturated rings. The maximum atomic E-state index is 11.5. The summed E-state index contributed by atoms with van der Waals surface area (Å²) >= 11 is 11.8. The van der Waals surface area contributed by atoms with Crippen LogP contribution in [-0.4, -0.2) is 5.78 Å². The van der Waals surface area contributed by atoms with Crippen LogP contribution in [0.1, 0.15) is 31.2 Å². The van der Waals surface area contributed by atoms with E-state index in [2.05, 4.69) is 0 Å². The number of rotatable bonds is 1. The molecule has 16 heavy (non-hydrogen) atoms. The second-order valence-corrected chi connectivity index (χ2v) is 4.79. The van der Waals surface area contributed by atoms with E-state index in [1.807, 2.05) is 12.1 Å². The summed E-state index contributed by atoms with van der Waals surface area (Å²) < 4.78 is 0. The van der Waals surface area contributed by atoms with Crippen LogP contribution in [0.4, 0.5) is 0 Å². The highest BCUT2D eigenvalue weighted by molar-refractivity contribution is 6.42. The van der Waals surface area contributed by atoms with E-state index in [4.69, 9.17) is 23.2 Å². The van der Waals surface area contributed by atoms with Crippen molar-refractivity contribution in [1.82, 2.24) is 0 Å². The summed E-state index contributed by atoms with van der Waals surface area (Å²) in [6.45, 7) is 0. The van der Waals surface area contributed by atoms with Gasteiger partial charge < -0.3 is 0 Å². The second-order valence-electron chi connectivity index (χ2n) is 3.97. The predicted molar refractivity (Wildman–Crippen MR) is 67.9 cm³/mol. The Morgan fingerprint density at radius 2 is 1.75 bits per heavy atom. The molecule has 0 saturated heterocycles. The van der Waals surface area contributed by atoms with Crippen LogP contribution in [0, 0.1) is 0 Å². The molecule has 0 saturated carbocycles. The third kappa shape index (κ3) is 2.66. The lowest BCUT2D eigenvalue weighted by Crippen LogP contribution is -1.90. The van der Waals surface area contributed by atoms with E-state index in [1.165, 1.54) is 0 Å². The van der Waals surface area contributed by atoms with E-state index >= 15 is 0 Å². The Bertz CT molecular complexity index is 449. The molecular formula is C13H12Cl2O. The van der Waals surface area contributed by atoms with Crippen molar-refractivity contribution in [2.24, 2.45) is 0 Å². The quantitative estimate of drug-likeness (QED) is 0.721. The van der Waals surface area contributed by atoms with Crippen molar-refractivity contribution >= 4 is 34.6 Å². The van der Waals surface area contributed by atoms with Gasteiger partial charge in [0.05, 0.1) is 10.0 Å². The smallest absolute Gasteiger partial charge is 0.155 e. The summed E-state index contributed by atoms with van der Waals surface area (Å²) in [6, 6.07) is 5.52. The van der Waals surface area contributed by atoms with Gasteiger partial charge in [-0.3, -0.25) is 4.79 Å². The second kappa shape index (κ2) is 5.03. The summed E-state index contributed by atoms with van der Waals surface area (Å²) in [5, 5.41) is 1.09. The minimum Gasteiger partial charge on any atom is -0.295 e. The van der Waals surface area contributed by atoms with E-state index in [-0.39, 0.29) is 5.78 Å². The van der Waals surface area contributed by atoms with Crippen LogP contribution < -0.4 is 0 Å². The normalized spacial score (nSPS) is 16.9. The van der Waals surface area contributed by atoms with Crippen LogP contribution >= 0.6 is 23.2 Å². The summed E-state index contributed by atoms with van der Waals surface area (Å²) in [5.41, 5.74) is 2.07. The molecule has 0 spiro atoms. The molecular weight excluding hydrogens is 243 g/mol. The molecule has 0 bridgehead atoms. The fourth-order valence-corrected chi connectivity index (χ4v) is 2.17. The molecule has 1 aliphatic carbocycles. The van der Waals surface area contributed by atoms with Gasteiger partial charge in [0.15, 0.2) is 5.78 Å². The number of carbonyl (C=O) groups excluding carboxylic acids is 1. The van der Waals surface area contributed by atoms with E-state index in [0.29, 0.717) is 16.5 Å². The number of ketones is 1. The van der Waals surface area contributed by atoms with Gasteiger partial charge in [-0.15, -0.1) is 0 Å². The zero-order valence-electron chi connectivity index (χ0n) is 8.80. The van der Waals surface area contributed by atoms with Crippen molar-refractivity contribution in [3.63, 3.8) is 0 Å². The minimum atomic E-state index is 0.207. The first-order chi connectivity index (χ1) is 7.66. The van der Waals surface area contributed by atoms with Crippen LogP contribution in [-0.2, 0) is 4.79 Å². The van der Waals surface area contributed by atoms with Crippen molar-refractivity contribution in [2.45, 2.75) is 25.7 Å². The maximum Gasteiger partial charge on any atom is 0.155 e. The summed E-state index contributed by atoms with van der Waals surface area (Å²) in [6.07, 6.45) is 5.36. The Balaban J connectivity index is 2.35. The van der Waals surface area contributed by atoms with Crippen molar-refractivity contribution in [2.75, 3.05) is 0 Å². The van der Waals surface area contributed by atoms with Crippen LogP contribution in [0.2, 0.25) is 10.0 Å². The first-order valence-corrected chi connectivity index (χ1v) is 6.11. The number of benzene rings is 1. The molecule has 0 radical (unpaired) electrons. The zero-order valence-corrected chi connectivity index (χ0v) is 10.3. The molecule has 1 nitrogen and oxygen atoms in total. The van der Waals surface area contributed by atoms with Crippen LogP contribution in [0.5, 0.6) is 0 Å². The molecule has 0 unspecified atom stereocenters. The van der Waals surface area contributed by atoms with Crippen molar-refractivity contribution in [3.05, 3.63) is 39.9 Å². The average Bonchev–Trinajstić information content (AvgIpc) is 2.47. The van der Waals surface area contributed by atoms with Crippen LogP contribution in [0.3, 0.4) is 0 Å². The van der Waals surface area contributed by atoms with E-state index in [1.54, 1.807) is 12.1 Å². The Labute approximate surface area is 105 Å². The topological polar surface area (TPSA) is 17.1 Å².